The highest BCUT2D eigenvalue weighted by Crippen LogP contribution is 2.29. The Kier molecular flexibility index (Phi) is 6.23. The van der Waals surface area contributed by atoms with Crippen LogP contribution in [0.1, 0.15) is 47.5 Å². The molecule has 1 amide bonds. The van der Waals surface area contributed by atoms with Crippen molar-refractivity contribution >= 4 is 12.1 Å². The Balaban J connectivity index is 2.57. The maximum atomic E-state index is 12.2. The zero-order chi connectivity index (χ0) is 17.0. The average Bonchev–Trinajstić information content (AvgIpc) is 2.42. The van der Waals surface area contributed by atoms with E-state index >= 15 is 0 Å². The molecule has 1 rings (SSSR count). The number of nitrogens with one attached hydrogen (secondary N) is 1. The van der Waals surface area contributed by atoms with E-state index in [0.717, 1.165) is 19.4 Å². The van der Waals surface area contributed by atoms with E-state index in [0.29, 0.717) is 13.1 Å². The van der Waals surface area contributed by atoms with Crippen LogP contribution in [0.3, 0.4) is 0 Å². The lowest BCUT2D eigenvalue weighted by atomic mass is 9.81. The topological polar surface area (TPSA) is 67.9 Å². The van der Waals surface area contributed by atoms with Crippen molar-refractivity contribution in [2.75, 3.05) is 26.7 Å². The van der Waals surface area contributed by atoms with E-state index < -0.39 is 5.60 Å². The van der Waals surface area contributed by atoms with Crippen molar-refractivity contribution in [2.24, 2.45) is 5.41 Å². The fraction of sp³-hybridized carbons (Fsp3) is 0.875. The molecule has 6 nitrogen and oxygen atoms in total. The number of piperidine rings is 1. The van der Waals surface area contributed by atoms with E-state index in [4.69, 9.17) is 9.47 Å². The van der Waals surface area contributed by atoms with Crippen LogP contribution < -0.4 is 5.32 Å². The number of nitrogens with zero attached hydrogens (tertiary/aromatic N) is 1. The van der Waals surface area contributed by atoms with Gasteiger partial charge in [0, 0.05) is 19.6 Å². The number of methoxy groups -OCH3 is 1. The molecule has 2 atom stereocenters. The SMILES string of the molecule is COC(=O)C(C)NCC1(C)CCCN(C(=O)OC(C)(C)C)C1. The summed E-state index contributed by atoms with van der Waals surface area (Å²) in [5.41, 5.74) is -0.556. The molecule has 0 spiro atoms. The van der Waals surface area contributed by atoms with Crippen molar-refractivity contribution in [3.63, 3.8) is 0 Å². The molecule has 22 heavy (non-hydrogen) atoms. The first-order chi connectivity index (χ1) is 10.1. The van der Waals surface area contributed by atoms with Crippen molar-refractivity contribution < 1.29 is 19.1 Å². The van der Waals surface area contributed by atoms with Crippen molar-refractivity contribution in [2.45, 2.75) is 59.1 Å². The molecule has 2 unspecified atom stereocenters. The van der Waals surface area contributed by atoms with Gasteiger partial charge in [0.15, 0.2) is 0 Å². The molecule has 0 aliphatic carbocycles. The van der Waals surface area contributed by atoms with Gasteiger partial charge in [0.05, 0.1) is 7.11 Å². The molecule has 1 aliphatic heterocycles. The number of hydrogen-bond acceptors (Lipinski definition) is 5. The number of esters is 1. The molecule has 0 aromatic rings. The zero-order valence-corrected chi connectivity index (χ0v) is 14.7. The van der Waals surface area contributed by atoms with Gasteiger partial charge in [0.1, 0.15) is 11.6 Å². The number of amides is 1. The Morgan fingerprint density at radius 2 is 2.00 bits per heavy atom. The van der Waals surface area contributed by atoms with Crippen molar-refractivity contribution in [1.29, 1.82) is 0 Å². The number of carbonyl (C=O) groups excluding carboxylic acids is 2. The van der Waals surface area contributed by atoms with E-state index in [1.807, 2.05) is 20.8 Å². The van der Waals surface area contributed by atoms with Crippen LogP contribution in [0, 0.1) is 5.41 Å². The predicted octanol–water partition coefficient (Wildman–Crippen LogP) is 2.17. The monoisotopic (exact) mass is 314 g/mol. The van der Waals surface area contributed by atoms with Crippen LogP contribution in [-0.4, -0.2) is 55.3 Å². The largest absolute Gasteiger partial charge is 0.468 e. The summed E-state index contributed by atoms with van der Waals surface area (Å²) in [7, 11) is 1.38. The van der Waals surface area contributed by atoms with Gasteiger partial charge in [-0.25, -0.2) is 4.79 Å². The number of hydrogen-bond donors (Lipinski definition) is 1. The molecule has 1 aliphatic rings. The molecule has 1 heterocycles. The van der Waals surface area contributed by atoms with Crippen LogP contribution in [0.5, 0.6) is 0 Å². The molecule has 1 fully saturated rings. The fourth-order valence-electron chi connectivity index (χ4n) is 2.60. The number of likely N-dealkylation sites (tertiary alicyclic amines) is 1. The summed E-state index contributed by atoms with van der Waals surface area (Å²) in [6.45, 7) is 11.5. The standard InChI is InChI=1S/C16H30N2O4/c1-12(13(19)21-6)17-10-16(5)8-7-9-18(11-16)14(20)22-15(2,3)4/h12,17H,7-11H2,1-6H3. The second-order valence-electron chi connectivity index (χ2n) is 7.44. The van der Waals surface area contributed by atoms with Crippen molar-refractivity contribution in [3.8, 4) is 0 Å². The van der Waals surface area contributed by atoms with Gasteiger partial charge in [0.2, 0.25) is 0 Å². The highest BCUT2D eigenvalue weighted by molar-refractivity contribution is 5.75. The van der Waals surface area contributed by atoms with E-state index in [1.165, 1.54) is 7.11 Å². The maximum Gasteiger partial charge on any atom is 0.410 e. The summed E-state index contributed by atoms with van der Waals surface area (Å²) in [6.07, 6.45) is 1.68. The van der Waals surface area contributed by atoms with Crippen LogP contribution in [-0.2, 0) is 14.3 Å². The van der Waals surface area contributed by atoms with E-state index in [2.05, 4.69) is 12.2 Å². The zero-order valence-electron chi connectivity index (χ0n) is 14.7. The maximum absolute atomic E-state index is 12.2. The van der Waals surface area contributed by atoms with Crippen molar-refractivity contribution in [1.82, 2.24) is 10.2 Å². The van der Waals surface area contributed by atoms with Gasteiger partial charge in [0.25, 0.3) is 0 Å². The predicted molar refractivity (Wildman–Crippen MR) is 84.6 cm³/mol. The second-order valence-corrected chi connectivity index (χ2v) is 7.44. The Labute approximate surface area is 133 Å². The number of carbonyl (C=O) groups is 2. The number of ether oxygens (including phenoxy) is 2. The Bertz CT molecular complexity index is 405. The molecule has 0 bridgehead atoms. The minimum absolute atomic E-state index is 0.0720. The Hall–Kier alpha value is -1.30. The molecular formula is C16H30N2O4. The molecule has 1 N–H and O–H groups in total. The summed E-state index contributed by atoms with van der Waals surface area (Å²) >= 11 is 0. The lowest BCUT2D eigenvalue weighted by molar-refractivity contribution is -0.142. The summed E-state index contributed by atoms with van der Waals surface area (Å²) in [4.78, 5) is 25.4. The van der Waals surface area contributed by atoms with Crippen LogP contribution in [0.15, 0.2) is 0 Å². The highest BCUT2D eigenvalue weighted by Gasteiger charge is 2.35. The minimum Gasteiger partial charge on any atom is -0.468 e. The second kappa shape index (κ2) is 7.31. The summed E-state index contributed by atoms with van der Waals surface area (Å²) in [5.74, 6) is -0.275. The average molecular weight is 314 g/mol. The minimum atomic E-state index is -0.484. The first kappa shape index (κ1) is 18.7. The molecule has 1 saturated heterocycles. The molecule has 0 aromatic heterocycles. The van der Waals surface area contributed by atoms with Gasteiger partial charge >= 0.3 is 12.1 Å². The molecular weight excluding hydrogens is 284 g/mol. The van der Waals surface area contributed by atoms with Gasteiger partial charge in [-0.05, 0) is 46.0 Å². The van der Waals surface area contributed by atoms with Gasteiger partial charge in [-0.2, -0.15) is 0 Å². The first-order valence-corrected chi connectivity index (χ1v) is 7.85. The molecule has 128 valence electrons. The Morgan fingerprint density at radius 1 is 1.36 bits per heavy atom. The molecule has 0 saturated carbocycles. The van der Waals surface area contributed by atoms with Crippen LogP contribution in [0.25, 0.3) is 0 Å². The first-order valence-electron chi connectivity index (χ1n) is 7.85. The van der Waals surface area contributed by atoms with Gasteiger partial charge in [-0.15, -0.1) is 0 Å². The smallest absolute Gasteiger partial charge is 0.410 e. The van der Waals surface area contributed by atoms with Gasteiger partial charge in [-0.1, -0.05) is 6.92 Å². The molecule has 0 radical (unpaired) electrons. The third-order valence-corrected chi connectivity index (χ3v) is 3.82. The third-order valence-electron chi connectivity index (χ3n) is 3.82. The van der Waals surface area contributed by atoms with E-state index in [-0.39, 0.29) is 23.5 Å². The molecule has 0 aromatic carbocycles. The lowest BCUT2D eigenvalue weighted by Gasteiger charge is -2.41. The van der Waals surface area contributed by atoms with Crippen LogP contribution >= 0.6 is 0 Å². The van der Waals surface area contributed by atoms with Crippen LogP contribution in [0.4, 0.5) is 4.79 Å². The van der Waals surface area contributed by atoms with Gasteiger partial charge in [-0.3, -0.25) is 4.79 Å². The lowest BCUT2D eigenvalue weighted by Crippen LogP contribution is -2.51. The number of rotatable bonds is 4. The van der Waals surface area contributed by atoms with Crippen LogP contribution in [0.2, 0.25) is 0 Å². The van der Waals surface area contributed by atoms with Gasteiger partial charge < -0.3 is 19.7 Å². The summed E-state index contributed by atoms with van der Waals surface area (Å²) in [5, 5.41) is 3.20. The third kappa shape index (κ3) is 5.83. The van der Waals surface area contributed by atoms with E-state index in [1.54, 1.807) is 11.8 Å². The van der Waals surface area contributed by atoms with Crippen molar-refractivity contribution in [3.05, 3.63) is 0 Å². The fourth-order valence-corrected chi connectivity index (χ4v) is 2.60. The summed E-state index contributed by atoms with van der Waals surface area (Å²) in [6, 6.07) is -0.348. The Morgan fingerprint density at radius 3 is 2.55 bits per heavy atom. The van der Waals surface area contributed by atoms with E-state index in [9.17, 15) is 9.59 Å². The summed E-state index contributed by atoms with van der Waals surface area (Å²) < 4.78 is 10.2. The quantitative estimate of drug-likeness (QED) is 0.806. The highest BCUT2D eigenvalue weighted by atomic mass is 16.6. The normalized spacial score (nSPS) is 23.8. The molecule has 6 heteroatoms.